The normalized spacial score (nSPS) is 15.6. The first-order chi connectivity index (χ1) is 8.11. The van der Waals surface area contributed by atoms with Crippen molar-refractivity contribution in [3.05, 3.63) is 29.8 Å². The molecule has 0 radical (unpaired) electrons. The van der Waals surface area contributed by atoms with E-state index in [1.807, 2.05) is 0 Å². The Hall–Kier alpha value is -1.65. The van der Waals surface area contributed by atoms with Gasteiger partial charge in [-0.2, -0.15) is 0 Å². The Labute approximate surface area is 98.0 Å². The highest BCUT2D eigenvalue weighted by atomic mass is 19.2. The third-order valence-electron chi connectivity index (χ3n) is 2.91. The third-order valence-corrected chi connectivity index (χ3v) is 2.91. The lowest BCUT2D eigenvalue weighted by atomic mass is 9.95. The number of rotatable bonds is 3. The van der Waals surface area contributed by atoms with Gasteiger partial charge in [-0.05, 0) is 12.1 Å². The molecule has 1 heterocycles. The van der Waals surface area contributed by atoms with Crippen molar-refractivity contribution in [1.82, 2.24) is 0 Å². The summed E-state index contributed by atoms with van der Waals surface area (Å²) in [4.78, 5) is 12.7. The van der Waals surface area contributed by atoms with Crippen LogP contribution < -0.4 is 4.90 Å². The van der Waals surface area contributed by atoms with Gasteiger partial charge in [-0.15, -0.1) is 0 Å². The van der Waals surface area contributed by atoms with Gasteiger partial charge >= 0.3 is 5.97 Å². The molecule has 0 amide bonds. The van der Waals surface area contributed by atoms with Gasteiger partial charge < -0.3 is 9.64 Å². The zero-order chi connectivity index (χ0) is 12.4. The van der Waals surface area contributed by atoms with Gasteiger partial charge in [0.15, 0.2) is 11.6 Å². The van der Waals surface area contributed by atoms with Crippen LogP contribution in [0.15, 0.2) is 18.2 Å². The zero-order valence-corrected chi connectivity index (χ0v) is 9.45. The minimum atomic E-state index is -0.848. The molecule has 0 unspecified atom stereocenters. The number of esters is 1. The van der Waals surface area contributed by atoms with Gasteiger partial charge in [-0.25, -0.2) is 8.78 Å². The van der Waals surface area contributed by atoms with Gasteiger partial charge in [0, 0.05) is 19.0 Å². The number of hydrogen-bond acceptors (Lipinski definition) is 3. The average molecular weight is 241 g/mol. The fourth-order valence-corrected chi connectivity index (χ4v) is 1.95. The van der Waals surface area contributed by atoms with Gasteiger partial charge in [-0.1, -0.05) is 6.07 Å². The van der Waals surface area contributed by atoms with E-state index in [1.54, 1.807) is 4.90 Å². The Morgan fingerprint density at radius 3 is 2.82 bits per heavy atom. The van der Waals surface area contributed by atoms with Crippen LogP contribution in [-0.2, 0) is 9.53 Å². The van der Waals surface area contributed by atoms with Crippen LogP contribution in [0, 0.1) is 17.6 Å². The van der Waals surface area contributed by atoms with Gasteiger partial charge in [0.2, 0.25) is 0 Å². The van der Waals surface area contributed by atoms with E-state index in [1.165, 1.54) is 19.2 Å². The first-order valence-electron chi connectivity index (χ1n) is 5.37. The Kier molecular flexibility index (Phi) is 3.26. The highest BCUT2D eigenvalue weighted by Crippen LogP contribution is 2.29. The number of carbonyl (C=O) groups excluding carboxylic acids is 1. The Balaban J connectivity index is 1.95. The molecule has 3 nitrogen and oxygen atoms in total. The lowest BCUT2D eigenvalue weighted by molar-refractivity contribution is -0.141. The number of ether oxygens (including phenoxy) is 1. The Morgan fingerprint density at radius 2 is 2.18 bits per heavy atom. The van der Waals surface area contributed by atoms with Crippen LogP contribution in [0.1, 0.15) is 6.42 Å². The molecule has 0 N–H and O–H groups in total. The molecule has 0 aliphatic carbocycles. The monoisotopic (exact) mass is 241 g/mol. The molecule has 0 saturated carbocycles. The van der Waals surface area contributed by atoms with Crippen molar-refractivity contribution < 1.29 is 18.3 Å². The van der Waals surface area contributed by atoms with Crippen molar-refractivity contribution in [2.24, 2.45) is 5.92 Å². The van der Waals surface area contributed by atoms with E-state index < -0.39 is 11.6 Å². The second-order valence-electron chi connectivity index (χ2n) is 4.12. The van der Waals surface area contributed by atoms with Crippen molar-refractivity contribution in [3.63, 3.8) is 0 Å². The minimum Gasteiger partial charge on any atom is -0.469 e. The molecular formula is C12H13F2NO2. The number of benzene rings is 1. The molecule has 0 spiro atoms. The second kappa shape index (κ2) is 4.69. The molecule has 1 aliphatic rings. The van der Waals surface area contributed by atoms with E-state index in [-0.39, 0.29) is 17.6 Å². The van der Waals surface area contributed by atoms with Gasteiger partial charge in [0.1, 0.15) is 0 Å². The fourth-order valence-electron chi connectivity index (χ4n) is 1.95. The van der Waals surface area contributed by atoms with E-state index in [0.717, 1.165) is 6.07 Å². The van der Waals surface area contributed by atoms with Crippen LogP contribution in [0.4, 0.5) is 14.5 Å². The number of nitrogens with zero attached hydrogens (tertiary/aromatic N) is 1. The maximum atomic E-state index is 13.4. The summed E-state index contributed by atoms with van der Waals surface area (Å²) in [6.07, 6.45) is 0.323. The summed E-state index contributed by atoms with van der Waals surface area (Å²) < 4.78 is 31.0. The van der Waals surface area contributed by atoms with E-state index in [0.29, 0.717) is 19.5 Å². The van der Waals surface area contributed by atoms with Crippen molar-refractivity contribution in [2.75, 3.05) is 25.1 Å². The molecule has 1 saturated heterocycles. The number of halogens is 2. The summed E-state index contributed by atoms with van der Waals surface area (Å²) >= 11 is 0. The summed E-state index contributed by atoms with van der Waals surface area (Å²) in [5.74, 6) is -1.79. The summed E-state index contributed by atoms with van der Waals surface area (Å²) in [7, 11) is 1.34. The molecule has 1 aromatic rings. The number of methoxy groups -OCH3 is 1. The average Bonchev–Trinajstić information content (AvgIpc) is 2.27. The Morgan fingerprint density at radius 1 is 1.47 bits per heavy atom. The van der Waals surface area contributed by atoms with Crippen molar-refractivity contribution in [1.29, 1.82) is 0 Å². The standard InChI is InChI=1S/C12H13F2NO2/c1-17-11(16)5-8-6-15(7-8)10-4-2-3-9(13)12(10)14/h2-4,8H,5-7H2,1H3. The predicted octanol–water partition coefficient (Wildman–Crippen LogP) is 1.96. The van der Waals surface area contributed by atoms with Crippen LogP contribution in [-0.4, -0.2) is 26.2 Å². The van der Waals surface area contributed by atoms with E-state index in [9.17, 15) is 13.6 Å². The molecule has 2 rings (SSSR count). The molecule has 1 aromatic carbocycles. The molecule has 1 fully saturated rings. The summed E-state index contributed by atoms with van der Waals surface area (Å²) in [6.45, 7) is 1.10. The van der Waals surface area contributed by atoms with Crippen LogP contribution in [0.3, 0.4) is 0 Å². The lowest BCUT2D eigenvalue weighted by Crippen LogP contribution is -2.48. The van der Waals surface area contributed by atoms with Crippen molar-refractivity contribution >= 4 is 11.7 Å². The number of carbonyl (C=O) groups is 1. The highest BCUT2D eigenvalue weighted by Gasteiger charge is 2.31. The molecule has 1 aliphatic heterocycles. The van der Waals surface area contributed by atoms with E-state index >= 15 is 0 Å². The predicted molar refractivity (Wildman–Crippen MR) is 58.7 cm³/mol. The first kappa shape index (κ1) is 11.8. The van der Waals surface area contributed by atoms with Crippen molar-refractivity contribution in [3.8, 4) is 0 Å². The molecule has 0 bridgehead atoms. The van der Waals surface area contributed by atoms with Crippen LogP contribution >= 0.6 is 0 Å². The molecule has 92 valence electrons. The maximum Gasteiger partial charge on any atom is 0.305 e. The summed E-state index contributed by atoms with van der Waals surface area (Å²) in [5.41, 5.74) is 0.256. The molecule has 5 heteroatoms. The van der Waals surface area contributed by atoms with E-state index in [2.05, 4.69) is 4.74 Å². The SMILES string of the molecule is COC(=O)CC1CN(c2cccc(F)c2F)C1. The zero-order valence-electron chi connectivity index (χ0n) is 9.45. The maximum absolute atomic E-state index is 13.4. The van der Waals surface area contributed by atoms with Gasteiger partial charge in [0.05, 0.1) is 19.2 Å². The number of hydrogen-bond donors (Lipinski definition) is 0. The topological polar surface area (TPSA) is 29.5 Å². The van der Waals surface area contributed by atoms with Crippen LogP contribution in [0.25, 0.3) is 0 Å². The summed E-state index contributed by atoms with van der Waals surface area (Å²) in [6, 6.07) is 4.10. The third kappa shape index (κ3) is 2.38. The summed E-state index contributed by atoms with van der Waals surface area (Å²) in [5, 5.41) is 0. The quantitative estimate of drug-likeness (QED) is 0.758. The molecule has 0 atom stereocenters. The van der Waals surface area contributed by atoms with Gasteiger partial charge in [-0.3, -0.25) is 4.79 Å². The molecular weight excluding hydrogens is 228 g/mol. The minimum absolute atomic E-state index is 0.158. The second-order valence-corrected chi connectivity index (χ2v) is 4.12. The number of anilines is 1. The smallest absolute Gasteiger partial charge is 0.305 e. The fraction of sp³-hybridized carbons (Fsp3) is 0.417. The van der Waals surface area contributed by atoms with E-state index in [4.69, 9.17) is 0 Å². The van der Waals surface area contributed by atoms with Crippen LogP contribution in [0.5, 0.6) is 0 Å². The Bertz CT molecular complexity index is 431. The highest BCUT2D eigenvalue weighted by molar-refractivity contribution is 5.70. The largest absolute Gasteiger partial charge is 0.469 e. The molecule has 0 aromatic heterocycles. The van der Waals surface area contributed by atoms with Crippen molar-refractivity contribution in [2.45, 2.75) is 6.42 Å². The molecule has 17 heavy (non-hydrogen) atoms. The first-order valence-corrected chi connectivity index (χ1v) is 5.37. The lowest BCUT2D eigenvalue weighted by Gasteiger charge is -2.40. The van der Waals surface area contributed by atoms with Crippen LogP contribution in [0.2, 0.25) is 0 Å². The van der Waals surface area contributed by atoms with Gasteiger partial charge in [0.25, 0.3) is 0 Å².